The molecule has 4 nitrogen and oxygen atoms in total. The first-order valence-corrected chi connectivity index (χ1v) is 6.99. The summed E-state index contributed by atoms with van der Waals surface area (Å²) in [6, 6.07) is 5.35. The minimum atomic E-state index is -0.273. The SMILES string of the molecule is CN(C)C1CCCN(Cc2ccc(C(=N)N)cc2F)C1. The summed E-state index contributed by atoms with van der Waals surface area (Å²) in [7, 11) is 4.19. The molecule has 2 rings (SSSR count). The van der Waals surface area contributed by atoms with E-state index >= 15 is 0 Å². The number of nitrogen functional groups attached to an aromatic ring is 1. The minimum Gasteiger partial charge on any atom is -0.384 e. The number of likely N-dealkylation sites (tertiary alicyclic amines) is 1. The largest absolute Gasteiger partial charge is 0.384 e. The van der Waals surface area contributed by atoms with Gasteiger partial charge in [0.1, 0.15) is 11.7 Å². The van der Waals surface area contributed by atoms with E-state index in [9.17, 15) is 4.39 Å². The van der Waals surface area contributed by atoms with Gasteiger partial charge in [-0.3, -0.25) is 10.3 Å². The zero-order valence-electron chi connectivity index (χ0n) is 12.2. The lowest BCUT2D eigenvalue weighted by molar-refractivity contribution is 0.127. The first-order valence-electron chi connectivity index (χ1n) is 6.99. The molecule has 1 fully saturated rings. The maximum absolute atomic E-state index is 14.0. The van der Waals surface area contributed by atoms with Crippen molar-refractivity contribution in [2.75, 3.05) is 27.2 Å². The van der Waals surface area contributed by atoms with Gasteiger partial charge in [0.2, 0.25) is 0 Å². The molecular weight excluding hydrogens is 255 g/mol. The van der Waals surface area contributed by atoms with E-state index in [1.807, 2.05) is 0 Å². The number of likely N-dealkylation sites (N-methyl/N-ethyl adjacent to an activating group) is 1. The summed E-state index contributed by atoms with van der Waals surface area (Å²) in [5.74, 6) is -0.370. The van der Waals surface area contributed by atoms with Gasteiger partial charge < -0.3 is 10.6 Å². The molecule has 1 unspecified atom stereocenters. The molecular formula is C15H23FN4. The Morgan fingerprint density at radius 2 is 2.25 bits per heavy atom. The van der Waals surface area contributed by atoms with Gasteiger partial charge in [-0.05, 0) is 39.5 Å². The normalized spacial score (nSPS) is 20.3. The second-order valence-electron chi connectivity index (χ2n) is 5.71. The van der Waals surface area contributed by atoms with Crippen LogP contribution in [0.2, 0.25) is 0 Å². The van der Waals surface area contributed by atoms with Crippen LogP contribution in [0.5, 0.6) is 0 Å². The van der Waals surface area contributed by atoms with E-state index in [1.165, 1.54) is 12.5 Å². The van der Waals surface area contributed by atoms with Crippen LogP contribution in [0, 0.1) is 11.2 Å². The summed E-state index contributed by atoms with van der Waals surface area (Å²) >= 11 is 0. The Labute approximate surface area is 119 Å². The third-order valence-electron chi connectivity index (χ3n) is 3.97. The van der Waals surface area contributed by atoms with E-state index in [0.717, 1.165) is 19.5 Å². The van der Waals surface area contributed by atoms with Gasteiger partial charge in [0.25, 0.3) is 0 Å². The quantitative estimate of drug-likeness (QED) is 0.650. The number of rotatable bonds is 4. The smallest absolute Gasteiger partial charge is 0.128 e. The predicted molar refractivity (Wildman–Crippen MR) is 79.4 cm³/mol. The lowest BCUT2D eigenvalue weighted by Gasteiger charge is -2.36. The van der Waals surface area contributed by atoms with Crippen molar-refractivity contribution in [1.29, 1.82) is 5.41 Å². The highest BCUT2D eigenvalue weighted by Crippen LogP contribution is 2.18. The minimum absolute atomic E-state index is 0.0962. The molecule has 0 bridgehead atoms. The summed E-state index contributed by atoms with van der Waals surface area (Å²) in [5.41, 5.74) is 6.49. The number of benzene rings is 1. The molecule has 1 aliphatic heterocycles. The van der Waals surface area contributed by atoms with Crippen molar-refractivity contribution in [3.8, 4) is 0 Å². The Morgan fingerprint density at radius 3 is 2.85 bits per heavy atom. The molecule has 0 radical (unpaired) electrons. The van der Waals surface area contributed by atoms with Crippen molar-refractivity contribution in [1.82, 2.24) is 9.80 Å². The van der Waals surface area contributed by atoms with Gasteiger partial charge in [0.05, 0.1) is 0 Å². The number of nitrogens with two attached hydrogens (primary N) is 1. The standard InChI is InChI=1S/C15H23FN4/c1-19(2)13-4-3-7-20(10-13)9-12-6-5-11(15(17)18)8-14(12)16/h5-6,8,13H,3-4,7,9-10H2,1-2H3,(H3,17,18). The van der Waals surface area contributed by atoms with Crippen LogP contribution in [0.1, 0.15) is 24.0 Å². The number of nitrogens with one attached hydrogen (secondary N) is 1. The summed E-state index contributed by atoms with van der Waals surface area (Å²) in [5, 5.41) is 7.32. The lowest BCUT2D eigenvalue weighted by Crippen LogP contribution is -2.44. The molecule has 0 saturated carbocycles. The van der Waals surface area contributed by atoms with Crippen molar-refractivity contribution >= 4 is 5.84 Å². The molecule has 0 aromatic heterocycles. The van der Waals surface area contributed by atoms with Gasteiger partial charge in [-0.15, -0.1) is 0 Å². The van der Waals surface area contributed by atoms with Crippen molar-refractivity contribution in [3.63, 3.8) is 0 Å². The van der Waals surface area contributed by atoms with Crippen LogP contribution >= 0.6 is 0 Å². The maximum Gasteiger partial charge on any atom is 0.128 e. The highest BCUT2D eigenvalue weighted by atomic mass is 19.1. The number of piperidine rings is 1. The Morgan fingerprint density at radius 1 is 1.50 bits per heavy atom. The molecule has 1 saturated heterocycles. The summed E-state index contributed by atoms with van der Waals surface area (Å²) < 4.78 is 14.0. The molecule has 20 heavy (non-hydrogen) atoms. The molecule has 5 heteroatoms. The first-order chi connectivity index (χ1) is 9.47. The van der Waals surface area contributed by atoms with Crippen LogP contribution in [-0.2, 0) is 6.54 Å². The highest BCUT2D eigenvalue weighted by molar-refractivity contribution is 5.94. The van der Waals surface area contributed by atoms with Gasteiger partial charge in [0, 0.05) is 30.3 Å². The van der Waals surface area contributed by atoms with Gasteiger partial charge in [0.15, 0.2) is 0 Å². The fraction of sp³-hybridized carbons (Fsp3) is 0.533. The van der Waals surface area contributed by atoms with Crippen LogP contribution in [0.3, 0.4) is 0 Å². The number of hydrogen-bond donors (Lipinski definition) is 2. The molecule has 3 N–H and O–H groups in total. The number of halogens is 1. The molecule has 0 spiro atoms. The van der Waals surface area contributed by atoms with Crippen LogP contribution in [0.25, 0.3) is 0 Å². The Hall–Kier alpha value is -1.46. The summed E-state index contributed by atoms with van der Waals surface area (Å²) in [4.78, 5) is 4.53. The second kappa shape index (κ2) is 6.33. The molecule has 0 amide bonds. The molecule has 1 aromatic rings. The van der Waals surface area contributed by atoms with Gasteiger partial charge >= 0.3 is 0 Å². The second-order valence-corrected chi connectivity index (χ2v) is 5.71. The van der Waals surface area contributed by atoms with Crippen molar-refractivity contribution in [3.05, 3.63) is 35.1 Å². The molecule has 1 aromatic carbocycles. The van der Waals surface area contributed by atoms with E-state index in [1.54, 1.807) is 12.1 Å². The molecule has 1 heterocycles. The molecule has 110 valence electrons. The van der Waals surface area contributed by atoms with Gasteiger partial charge in [-0.2, -0.15) is 0 Å². The van der Waals surface area contributed by atoms with Crippen LogP contribution < -0.4 is 5.73 Å². The van der Waals surface area contributed by atoms with Crippen LogP contribution in [0.4, 0.5) is 4.39 Å². The van der Waals surface area contributed by atoms with Crippen molar-refractivity contribution < 1.29 is 4.39 Å². The topological polar surface area (TPSA) is 56.4 Å². The summed E-state index contributed by atoms with van der Waals surface area (Å²) in [6.07, 6.45) is 2.35. The highest BCUT2D eigenvalue weighted by Gasteiger charge is 2.22. The lowest BCUT2D eigenvalue weighted by atomic mass is 10.0. The van der Waals surface area contributed by atoms with E-state index in [4.69, 9.17) is 11.1 Å². The fourth-order valence-electron chi connectivity index (χ4n) is 2.68. The Bertz CT molecular complexity index is 487. The predicted octanol–water partition coefficient (Wildman–Crippen LogP) is 1.64. The summed E-state index contributed by atoms with van der Waals surface area (Å²) in [6.45, 7) is 2.60. The zero-order chi connectivity index (χ0) is 14.7. The monoisotopic (exact) mass is 278 g/mol. The molecule has 1 atom stereocenters. The Kier molecular flexibility index (Phi) is 4.73. The van der Waals surface area contributed by atoms with E-state index < -0.39 is 0 Å². The fourth-order valence-corrected chi connectivity index (χ4v) is 2.68. The maximum atomic E-state index is 14.0. The average Bonchev–Trinajstić information content (AvgIpc) is 2.41. The van der Waals surface area contributed by atoms with Crippen LogP contribution in [0.15, 0.2) is 18.2 Å². The zero-order valence-corrected chi connectivity index (χ0v) is 12.2. The van der Waals surface area contributed by atoms with E-state index in [0.29, 0.717) is 23.7 Å². The number of amidine groups is 1. The number of hydrogen-bond acceptors (Lipinski definition) is 3. The molecule has 1 aliphatic rings. The third-order valence-corrected chi connectivity index (χ3v) is 3.97. The van der Waals surface area contributed by atoms with E-state index in [-0.39, 0.29) is 11.7 Å². The first kappa shape index (κ1) is 14.9. The van der Waals surface area contributed by atoms with E-state index in [2.05, 4.69) is 23.9 Å². The third kappa shape index (κ3) is 3.55. The van der Waals surface area contributed by atoms with Gasteiger partial charge in [-0.1, -0.05) is 12.1 Å². The van der Waals surface area contributed by atoms with Crippen LogP contribution in [-0.4, -0.2) is 48.9 Å². The Balaban J connectivity index is 2.04. The van der Waals surface area contributed by atoms with Crippen molar-refractivity contribution in [2.24, 2.45) is 5.73 Å². The van der Waals surface area contributed by atoms with Crippen molar-refractivity contribution in [2.45, 2.75) is 25.4 Å². The number of nitrogens with zero attached hydrogens (tertiary/aromatic N) is 2. The van der Waals surface area contributed by atoms with Gasteiger partial charge in [-0.25, -0.2) is 4.39 Å². The average molecular weight is 278 g/mol. The molecule has 0 aliphatic carbocycles.